The van der Waals surface area contributed by atoms with Crippen LogP contribution < -0.4 is 10.1 Å². The molecular formula is C19H29FIN3O3. The Morgan fingerprint density at radius 2 is 1.96 bits per heavy atom. The number of likely N-dealkylation sites (tertiary alicyclic amines) is 1. The second kappa shape index (κ2) is 12.7. The Labute approximate surface area is 177 Å². The molecule has 0 aliphatic carbocycles. The first kappa shape index (κ1) is 23.5. The van der Waals surface area contributed by atoms with Crippen molar-refractivity contribution in [2.24, 2.45) is 10.9 Å². The second-order valence-electron chi connectivity index (χ2n) is 6.14. The van der Waals surface area contributed by atoms with Crippen LogP contribution in [0.1, 0.15) is 26.2 Å². The standard InChI is InChI=1S/C19H28FN3O3.HI/c1-3-25-18(24)15-9-12-23(13-10-15)19(21-2)22-11-4-14-26-17-7-5-16(20)6-8-17;/h5-8,15H,3-4,9-14H2,1-2H3,(H,21,22);1H. The van der Waals surface area contributed by atoms with Gasteiger partial charge < -0.3 is 19.7 Å². The van der Waals surface area contributed by atoms with E-state index < -0.39 is 0 Å². The van der Waals surface area contributed by atoms with Gasteiger partial charge in [0.05, 0.1) is 19.1 Å². The monoisotopic (exact) mass is 493 g/mol. The first-order valence-electron chi connectivity index (χ1n) is 9.14. The molecule has 0 saturated carbocycles. The summed E-state index contributed by atoms with van der Waals surface area (Å²) in [7, 11) is 1.76. The van der Waals surface area contributed by atoms with E-state index in [1.54, 1.807) is 19.2 Å². The van der Waals surface area contributed by atoms with Crippen LogP contribution in [-0.2, 0) is 9.53 Å². The van der Waals surface area contributed by atoms with Crippen molar-refractivity contribution in [1.29, 1.82) is 0 Å². The van der Waals surface area contributed by atoms with Crippen LogP contribution in [0.15, 0.2) is 29.3 Å². The van der Waals surface area contributed by atoms with Crippen LogP contribution in [0, 0.1) is 11.7 Å². The number of benzene rings is 1. The number of ether oxygens (including phenoxy) is 2. The number of piperidine rings is 1. The number of guanidine groups is 1. The molecule has 6 nitrogen and oxygen atoms in total. The van der Waals surface area contributed by atoms with Crippen molar-refractivity contribution in [3.8, 4) is 5.75 Å². The van der Waals surface area contributed by atoms with Crippen LogP contribution in [-0.4, -0.2) is 56.7 Å². The van der Waals surface area contributed by atoms with Crippen LogP contribution in [0.5, 0.6) is 5.75 Å². The molecule has 0 amide bonds. The first-order valence-corrected chi connectivity index (χ1v) is 9.14. The van der Waals surface area contributed by atoms with Crippen molar-refractivity contribution in [3.63, 3.8) is 0 Å². The van der Waals surface area contributed by atoms with Gasteiger partial charge in [-0.25, -0.2) is 4.39 Å². The van der Waals surface area contributed by atoms with E-state index in [1.807, 2.05) is 6.92 Å². The fraction of sp³-hybridized carbons (Fsp3) is 0.579. The number of nitrogens with zero attached hydrogens (tertiary/aromatic N) is 2. The molecule has 0 bridgehead atoms. The molecule has 1 heterocycles. The molecular weight excluding hydrogens is 464 g/mol. The van der Waals surface area contributed by atoms with Crippen molar-refractivity contribution in [3.05, 3.63) is 30.1 Å². The van der Waals surface area contributed by atoms with Crippen molar-refractivity contribution in [2.45, 2.75) is 26.2 Å². The summed E-state index contributed by atoms with van der Waals surface area (Å²) in [6.07, 6.45) is 2.37. The van der Waals surface area contributed by atoms with E-state index in [0.717, 1.165) is 44.9 Å². The molecule has 0 atom stereocenters. The van der Waals surface area contributed by atoms with Gasteiger partial charge >= 0.3 is 5.97 Å². The number of carbonyl (C=O) groups is 1. The normalized spacial score (nSPS) is 15.1. The lowest BCUT2D eigenvalue weighted by Gasteiger charge is -2.33. The van der Waals surface area contributed by atoms with Gasteiger partial charge in [-0.1, -0.05) is 0 Å². The molecule has 0 unspecified atom stereocenters. The summed E-state index contributed by atoms with van der Waals surface area (Å²) < 4.78 is 23.5. The molecule has 2 rings (SSSR count). The maximum absolute atomic E-state index is 12.8. The number of esters is 1. The highest BCUT2D eigenvalue weighted by molar-refractivity contribution is 14.0. The van der Waals surface area contributed by atoms with Gasteiger partial charge in [0.25, 0.3) is 0 Å². The van der Waals surface area contributed by atoms with Crippen LogP contribution in [0.4, 0.5) is 4.39 Å². The molecule has 1 aliphatic heterocycles. The van der Waals surface area contributed by atoms with Gasteiger partial charge in [-0.15, -0.1) is 24.0 Å². The Hall–Kier alpha value is -1.58. The van der Waals surface area contributed by atoms with E-state index in [-0.39, 0.29) is 41.7 Å². The first-order chi connectivity index (χ1) is 12.6. The summed E-state index contributed by atoms with van der Waals surface area (Å²) in [6, 6.07) is 6.01. The van der Waals surface area contributed by atoms with Crippen molar-refractivity contribution in [1.82, 2.24) is 10.2 Å². The Morgan fingerprint density at radius 3 is 2.56 bits per heavy atom. The highest BCUT2D eigenvalue weighted by Gasteiger charge is 2.27. The number of hydrogen-bond donors (Lipinski definition) is 1. The minimum absolute atomic E-state index is 0. The minimum Gasteiger partial charge on any atom is -0.494 e. The third-order valence-electron chi connectivity index (χ3n) is 4.31. The van der Waals surface area contributed by atoms with Crippen molar-refractivity contribution < 1.29 is 18.7 Å². The van der Waals surface area contributed by atoms with E-state index in [2.05, 4.69) is 15.2 Å². The quantitative estimate of drug-likeness (QED) is 0.208. The van der Waals surface area contributed by atoms with Crippen molar-refractivity contribution in [2.75, 3.05) is 39.9 Å². The molecule has 0 radical (unpaired) electrons. The van der Waals surface area contributed by atoms with Gasteiger partial charge in [0.2, 0.25) is 0 Å². The Morgan fingerprint density at radius 1 is 1.30 bits per heavy atom. The van der Waals surface area contributed by atoms with Gasteiger partial charge in [-0.3, -0.25) is 9.79 Å². The maximum Gasteiger partial charge on any atom is 0.309 e. The average Bonchev–Trinajstić information content (AvgIpc) is 2.66. The minimum atomic E-state index is -0.269. The van der Waals surface area contributed by atoms with Gasteiger partial charge in [-0.2, -0.15) is 0 Å². The fourth-order valence-corrected chi connectivity index (χ4v) is 2.91. The molecule has 1 aliphatic rings. The maximum atomic E-state index is 12.8. The summed E-state index contributed by atoms with van der Waals surface area (Å²) >= 11 is 0. The lowest BCUT2D eigenvalue weighted by atomic mass is 9.97. The van der Waals surface area contributed by atoms with Gasteiger partial charge in [0.1, 0.15) is 11.6 Å². The zero-order valence-electron chi connectivity index (χ0n) is 15.9. The molecule has 1 fully saturated rings. The predicted molar refractivity (Wildman–Crippen MR) is 114 cm³/mol. The number of aliphatic imine (C=N–C) groups is 1. The molecule has 0 spiro atoms. The zero-order valence-corrected chi connectivity index (χ0v) is 18.3. The summed E-state index contributed by atoms with van der Waals surface area (Å²) in [5.41, 5.74) is 0. The lowest BCUT2D eigenvalue weighted by molar-refractivity contribution is -0.149. The summed E-state index contributed by atoms with van der Waals surface area (Å²) in [5.74, 6) is 1.14. The van der Waals surface area contributed by atoms with E-state index in [0.29, 0.717) is 19.0 Å². The number of rotatable bonds is 7. The highest BCUT2D eigenvalue weighted by Crippen LogP contribution is 2.18. The fourth-order valence-electron chi connectivity index (χ4n) is 2.91. The van der Waals surface area contributed by atoms with E-state index in [4.69, 9.17) is 9.47 Å². The van der Waals surface area contributed by atoms with Gasteiger partial charge in [0.15, 0.2) is 5.96 Å². The summed E-state index contributed by atoms with van der Waals surface area (Å²) in [4.78, 5) is 18.3. The van der Waals surface area contributed by atoms with E-state index >= 15 is 0 Å². The zero-order chi connectivity index (χ0) is 18.8. The summed E-state index contributed by atoms with van der Waals surface area (Å²) in [5, 5.41) is 3.32. The second-order valence-corrected chi connectivity index (χ2v) is 6.14. The molecule has 1 aromatic carbocycles. The van der Waals surface area contributed by atoms with Crippen LogP contribution in [0.3, 0.4) is 0 Å². The average molecular weight is 493 g/mol. The topological polar surface area (TPSA) is 63.2 Å². The smallest absolute Gasteiger partial charge is 0.309 e. The largest absolute Gasteiger partial charge is 0.494 e. The van der Waals surface area contributed by atoms with Crippen LogP contribution in [0.25, 0.3) is 0 Å². The van der Waals surface area contributed by atoms with Crippen LogP contribution in [0.2, 0.25) is 0 Å². The highest BCUT2D eigenvalue weighted by atomic mass is 127. The Kier molecular flexibility index (Phi) is 11.1. The Bertz CT molecular complexity index is 590. The van der Waals surface area contributed by atoms with Gasteiger partial charge in [0, 0.05) is 26.7 Å². The lowest BCUT2D eigenvalue weighted by Crippen LogP contribution is -2.47. The van der Waals surface area contributed by atoms with E-state index in [9.17, 15) is 9.18 Å². The number of halogens is 2. The molecule has 152 valence electrons. The number of hydrogen-bond acceptors (Lipinski definition) is 4. The number of carbonyl (C=O) groups excluding carboxylic acids is 1. The van der Waals surface area contributed by atoms with E-state index in [1.165, 1.54) is 12.1 Å². The molecule has 1 aromatic rings. The summed E-state index contributed by atoms with van der Waals surface area (Å²) in [6.45, 7) is 5.11. The van der Waals surface area contributed by atoms with Crippen molar-refractivity contribution >= 4 is 35.9 Å². The predicted octanol–water partition coefficient (Wildman–Crippen LogP) is 3.06. The molecule has 8 heteroatoms. The SMILES string of the molecule is CCOC(=O)C1CCN(C(=NC)NCCCOc2ccc(F)cc2)CC1.I. The number of nitrogens with one attached hydrogen (secondary N) is 1. The molecule has 27 heavy (non-hydrogen) atoms. The molecule has 1 saturated heterocycles. The van der Waals surface area contributed by atoms with Gasteiger partial charge in [-0.05, 0) is 50.5 Å². The van der Waals surface area contributed by atoms with Crippen LogP contribution >= 0.6 is 24.0 Å². The Balaban J connectivity index is 0.00000364. The molecule has 1 N–H and O–H groups in total. The third-order valence-corrected chi connectivity index (χ3v) is 4.31. The third kappa shape index (κ3) is 7.90. The molecule has 0 aromatic heterocycles.